The Balaban J connectivity index is 1.72. The molecule has 0 bridgehead atoms. The fourth-order valence-corrected chi connectivity index (χ4v) is 4.56. The van der Waals surface area contributed by atoms with Crippen LogP contribution in [0.15, 0.2) is 30.5 Å². The van der Waals surface area contributed by atoms with Gasteiger partial charge in [-0.05, 0) is 43.4 Å². The van der Waals surface area contributed by atoms with Gasteiger partial charge in [0.05, 0.1) is 12.5 Å². The van der Waals surface area contributed by atoms with E-state index in [0.717, 1.165) is 22.9 Å². The minimum Gasteiger partial charge on any atom is -0.480 e. The Kier molecular flexibility index (Phi) is 9.83. The summed E-state index contributed by atoms with van der Waals surface area (Å²) in [6.07, 6.45) is 2.91. The van der Waals surface area contributed by atoms with Crippen LogP contribution < -0.4 is 27.0 Å². The average Bonchev–Trinajstić information content (AvgIpc) is 3.53. The summed E-state index contributed by atoms with van der Waals surface area (Å²) in [5.74, 6) is -3.91. The van der Waals surface area contributed by atoms with Crippen LogP contribution in [0.2, 0.25) is 0 Å². The van der Waals surface area contributed by atoms with E-state index >= 15 is 0 Å². The molecule has 12 heteroatoms. The van der Waals surface area contributed by atoms with E-state index in [4.69, 9.17) is 5.73 Å². The van der Waals surface area contributed by atoms with Gasteiger partial charge in [-0.3, -0.25) is 19.2 Å². The van der Waals surface area contributed by atoms with Crippen molar-refractivity contribution in [3.63, 3.8) is 0 Å². The molecule has 0 saturated carbocycles. The minimum absolute atomic E-state index is 0.0299. The number of nitrogens with two attached hydrogens (primary N) is 1. The Labute approximate surface area is 220 Å². The molecule has 1 aromatic heterocycles. The molecule has 0 aliphatic carbocycles. The van der Waals surface area contributed by atoms with E-state index in [-0.39, 0.29) is 18.8 Å². The number of aromatic amines is 1. The third kappa shape index (κ3) is 7.78. The number of rotatable bonds is 13. The van der Waals surface area contributed by atoms with Gasteiger partial charge in [-0.25, -0.2) is 4.79 Å². The van der Waals surface area contributed by atoms with Crippen LogP contribution in [0.5, 0.6) is 0 Å². The molecule has 4 amide bonds. The third-order valence-electron chi connectivity index (χ3n) is 6.47. The molecule has 4 unspecified atom stereocenters. The topological polar surface area (TPSA) is 196 Å². The molecule has 4 atom stereocenters. The number of fused-ring (bicyclic) bond motifs is 1. The summed E-state index contributed by atoms with van der Waals surface area (Å²) in [6, 6.07) is 3.33. The van der Waals surface area contributed by atoms with E-state index in [2.05, 4.69) is 26.3 Å². The molecule has 206 valence electrons. The first-order chi connectivity index (χ1) is 18.0. The minimum atomic E-state index is -1.27. The second-order valence-electron chi connectivity index (χ2n) is 10.0. The number of nitrogens with one attached hydrogen (secondary N) is 5. The van der Waals surface area contributed by atoms with Crippen LogP contribution >= 0.6 is 0 Å². The van der Waals surface area contributed by atoms with Crippen LogP contribution in [0, 0.1) is 5.92 Å². The number of benzene rings is 1. The number of carbonyl (C=O) groups is 5. The molecule has 3 rings (SSSR count). The standard InChI is InChI=1S/C26H36N6O6/c1-14(2)10-19(30-25(36)20(12-22(27)33)31-23(34)18-8-5-9-28-18)24(35)32-21(26(37)38)11-15-13-29-17-7-4-3-6-16(15)17/h3-4,6-7,13-14,18-21,28-29H,5,8-12H2,1-2H3,(H2,27,33)(H,30,36)(H,31,34)(H,32,35)(H,37,38). The Bertz CT molecular complexity index is 1170. The zero-order chi connectivity index (χ0) is 27.8. The summed E-state index contributed by atoms with van der Waals surface area (Å²) in [5.41, 5.74) is 6.87. The lowest BCUT2D eigenvalue weighted by Crippen LogP contribution is -2.58. The molecule has 0 spiro atoms. The smallest absolute Gasteiger partial charge is 0.326 e. The second kappa shape index (κ2) is 13.0. The number of carboxylic acids is 1. The van der Waals surface area contributed by atoms with Crippen LogP contribution in [0.3, 0.4) is 0 Å². The summed E-state index contributed by atoms with van der Waals surface area (Å²) in [4.78, 5) is 65.6. The van der Waals surface area contributed by atoms with Gasteiger partial charge < -0.3 is 37.1 Å². The number of hydrogen-bond donors (Lipinski definition) is 7. The summed E-state index contributed by atoms with van der Waals surface area (Å²) in [6.45, 7) is 4.37. The molecule has 1 aliphatic rings. The number of para-hydroxylation sites is 1. The van der Waals surface area contributed by atoms with E-state index in [9.17, 15) is 29.1 Å². The number of primary amides is 1. The molecular weight excluding hydrogens is 492 g/mol. The lowest BCUT2D eigenvalue weighted by molar-refractivity contribution is -0.142. The predicted molar refractivity (Wildman–Crippen MR) is 140 cm³/mol. The Hall–Kier alpha value is -3.93. The number of H-pyrrole nitrogens is 1. The van der Waals surface area contributed by atoms with Gasteiger partial charge in [0.1, 0.15) is 18.1 Å². The van der Waals surface area contributed by atoms with E-state index < -0.39 is 60.2 Å². The van der Waals surface area contributed by atoms with E-state index in [1.165, 1.54) is 0 Å². The van der Waals surface area contributed by atoms with Crippen molar-refractivity contribution in [1.82, 2.24) is 26.3 Å². The molecule has 0 radical (unpaired) electrons. The van der Waals surface area contributed by atoms with E-state index in [1.807, 2.05) is 38.1 Å². The molecule has 1 fully saturated rings. The van der Waals surface area contributed by atoms with Gasteiger partial charge in [-0.15, -0.1) is 0 Å². The van der Waals surface area contributed by atoms with Crippen LogP contribution in [-0.2, 0) is 30.4 Å². The summed E-state index contributed by atoms with van der Waals surface area (Å²) in [7, 11) is 0. The third-order valence-corrected chi connectivity index (χ3v) is 6.47. The number of hydrogen-bond acceptors (Lipinski definition) is 6. The molecule has 1 aromatic carbocycles. The lowest BCUT2D eigenvalue weighted by Gasteiger charge is -2.25. The maximum absolute atomic E-state index is 13.2. The highest BCUT2D eigenvalue weighted by atomic mass is 16.4. The molecule has 8 N–H and O–H groups in total. The highest BCUT2D eigenvalue weighted by Crippen LogP contribution is 2.19. The Morgan fingerprint density at radius 2 is 1.71 bits per heavy atom. The average molecular weight is 529 g/mol. The Morgan fingerprint density at radius 1 is 1.03 bits per heavy atom. The van der Waals surface area contributed by atoms with Gasteiger partial charge >= 0.3 is 5.97 Å². The van der Waals surface area contributed by atoms with Gasteiger partial charge in [0.2, 0.25) is 23.6 Å². The van der Waals surface area contributed by atoms with Crippen molar-refractivity contribution in [3.05, 3.63) is 36.0 Å². The van der Waals surface area contributed by atoms with Crippen molar-refractivity contribution >= 4 is 40.5 Å². The van der Waals surface area contributed by atoms with Gasteiger partial charge in [-0.1, -0.05) is 32.0 Å². The first-order valence-corrected chi connectivity index (χ1v) is 12.8. The van der Waals surface area contributed by atoms with Gasteiger partial charge in [0, 0.05) is 23.5 Å². The zero-order valence-electron chi connectivity index (χ0n) is 21.6. The number of carbonyl (C=O) groups excluding carboxylic acids is 4. The summed E-state index contributed by atoms with van der Waals surface area (Å²) >= 11 is 0. The van der Waals surface area contributed by atoms with E-state index in [1.54, 1.807) is 6.20 Å². The highest BCUT2D eigenvalue weighted by molar-refractivity contribution is 5.96. The number of carboxylic acid groups (broad SMARTS) is 1. The first kappa shape index (κ1) is 28.6. The summed E-state index contributed by atoms with van der Waals surface area (Å²) in [5, 5.41) is 21.4. The lowest BCUT2D eigenvalue weighted by atomic mass is 10.0. The Morgan fingerprint density at radius 3 is 2.34 bits per heavy atom. The van der Waals surface area contributed by atoms with Crippen molar-refractivity contribution in [2.75, 3.05) is 6.54 Å². The molecule has 12 nitrogen and oxygen atoms in total. The quantitative estimate of drug-likeness (QED) is 0.189. The van der Waals surface area contributed by atoms with Crippen LogP contribution in [0.25, 0.3) is 10.9 Å². The largest absolute Gasteiger partial charge is 0.480 e. The van der Waals surface area contributed by atoms with Crippen LogP contribution in [0.1, 0.15) is 45.1 Å². The fourth-order valence-electron chi connectivity index (χ4n) is 4.56. The molecule has 1 saturated heterocycles. The summed E-state index contributed by atoms with van der Waals surface area (Å²) < 4.78 is 0. The maximum Gasteiger partial charge on any atom is 0.326 e. The molecule has 38 heavy (non-hydrogen) atoms. The number of amides is 4. The predicted octanol–water partition coefficient (Wildman–Crippen LogP) is -0.0771. The second-order valence-corrected chi connectivity index (χ2v) is 10.0. The monoisotopic (exact) mass is 528 g/mol. The maximum atomic E-state index is 13.2. The van der Waals surface area contributed by atoms with Gasteiger partial charge in [0.25, 0.3) is 0 Å². The fraction of sp³-hybridized carbons (Fsp3) is 0.500. The van der Waals surface area contributed by atoms with Crippen molar-refractivity contribution < 1.29 is 29.1 Å². The van der Waals surface area contributed by atoms with Crippen LogP contribution in [0.4, 0.5) is 0 Å². The van der Waals surface area contributed by atoms with Crippen molar-refractivity contribution in [2.24, 2.45) is 11.7 Å². The molecule has 2 aromatic rings. The van der Waals surface area contributed by atoms with Gasteiger partial charge in [0.15, 0.2) is 0 Å². The first-order valence-electron chi connectivity index (χ1n) is 12.8. The molecule has 1 aliphatic heterocycles. The highest BCUT2D eigenvalue weighted by Gasteiger charge is 2.32. The van der Waals surface area contributed by atoms with Gasteiger partial charge in [-0.2, -0.15) is 0 Å². The SMILES string of the molecule is CC(C)CC(NC(=O)C(CC(N)=O)NC(=O)C1CCCN1)C(=O)NC(Cc1c[nH]c2ccccc12)C(=O)O. The normalized spacial score (nSPS) is 17.5. The number of aliphatic carboxylic acids is 1. The zero-order valence-corrected chi connectivity index (χ0v) is 21.6. The van der Waals surface area contributed by atoms with E-state index in [0.29, 0.717) is 13.0 Å². The van der Waals surface area contributed by atoms with Crippen molar-refractivity contribution in [1.29, 1.82) is 0 Å². The van der Waals surface area contributed by atoms with Crippen LogP contribution in [-0.4, -0.2) is 70.4 Å². The molecule has 2 heterocycles. The van der Waals surface area contributed by atoms with Crippen molar-refractivity contribution in [3.8, 4) is 0 Å². The number of aromatic nitrogens is 1. The molecular formula is C26H36N6O6. The van der Waals surface area contributed by atoms with Crippen molar-refractivity contribution in [2.45, 2.75) is 70.1 Å².